The molecule has 0 bridgehead atoms. The zero-order chi connectivity index (χ0) is 39.4. The Kier molecular flexibility index (Phi) is 25.3. The second kappa shape index (κ2) is 29.1. The highest BCUT2D eigenvalue weighted by Crippen LogP contribution is 2.32. The molecule has 0 aliphatic carbocycles. The summed E-state index contributed by atoms with van der Waals surface area (Å²) in [6.07, 6.45) is -0.0361. The maximum atomic E-state index is 13.2. The highest BCUT2D eigenvalue weighted by Gasteiger charge is 2.35. The standard InChI is InChI=1S/C34H54IN5O14/c1-46-29-3-2-27(35)23-28(29)39-6-4-32(43)40(34(39)45)25-38-33(44)26(22-31(37)42)24-54-21-20-53-19-18-52-17-16-51-15-14-50-13-12-49-11-10-48-9-8-47-7-5-30(36)41/h2-3,23,26H,4-22,24-25H2,1H3,(H2,36,41)(H2,37,42)(H,38,44)/t26-/m0/s1. The normalized spacial score (nSPS) is 13.7. The number of halogens is 1. The van der Waals surface area contributed by atoms with Gasteiger partial charge < -0.3 is 59.4 Å². The summed E-state index contributed by atoms with van der Waals surface area (Å²) in [4.78, 5) is 63.4. The number of carbonyl (C=O) groups excluding carboxylic acids is 5. The van der Waals surface area contributed by atoms with Gasteiger partial charge in [0, 0.05) is 29.4 Å². The topological polar surface area (TPSA) is 239 Å². The predicted molar refractivity (Wildman–Crippen MR) is 201 cm³/mol. The number of ether oxygens (including phenoxy) is 9. The first kappa shape index (κ1) is 46.9. The highest BCUT2D eigenvalue weighted by molar-refractivity contribution is 14.1. The molecule has 54 heavy (non-hydrogen) atoms. The van der Waals surface area contributed by atoms with Crippen molar-refractivity contribution in [3.8, 4) is 5.75 Å². The number of primary amides is 2. The van der Waals surface area contributed by atoms with E-state index in [2.05, 4.69) is 27.9 Å². The van der Waals surface area contributed by atoms with Gasteiger partial charge in [-0.3, -0.25) is 24.1 Å². The van der Waals surface area contributed by atoms with E-state index in [4.69, 9.17) is 54.1 Å². The van der Waals surface area contributed by atoms with Gasteiger partial charge in [-0.2, -0.15) is 0 Å². The number of carbonyl (C=O) groups is 5. The molecule has 1 saturated heterocycles. The maximum Gasteiger partial charge on any atom is 0.332 e. The van der Waals surface area contributed by atoms with Crippen LogP contribution in [0, 0.1) is 9.49 Å². The lowest BCUT2D eigenvalue weighted by Crippen LogP contribution is -2.56. The molecule has 1 fully saturated rings. The summed E-state index contributed by atoms with van der Waals surface area (Å²) in [6, 6.07) is 4.74. The van der Waals surface area contributed by atoms with E-state index in [9.17, 15) is 24.0 Å². The van der Waals surface area contributed by atoms with Crippen LogP contribution >= 0.6 is 22.6 Å². The molecular formula is C34H54IN5O14. The monoisotopic (exact) mass is 883 g/mol. The number of hydrogen-bond donors (Lipinski definition) is 3. The van der Waals surface area contributed by atoms with Crippen molar-refractivity contribution in [3.63, 3.8) is 0 Å². The molecule has 1 aromatic carbocycles. The summed E-state index contributed by atoms with van der Waals surface area (Å²) in [5, 5.41) is 2.56. The second-order valence-corrected chi connectivity index (χ2v) is 12.7. The molecule has 0 radical (unpaired) electrons. The van der Waals surface area contributed by atoms with Crippen LogP contribution in [0.4, 0.5) is 10.5 Å². The SMILES string of the molecule is COc1ccc(I)cc1N1CCC(=O)N(CNC(=O)[C@H](COCCOCCOCCOCCOCCOCCOCCOCCC(N)=O)CC(N)=O)C1=O. The smallest absolute Gasteiger partial charge is 0.332 e. The molecule has 1 aliphatic rings. The van der Waals surface area contributed by atoms with E-state index in [1.807, 2.05) is 6.07 Å². The summed E-state index contributed by atoms with van der Waals surface area (Å²) in [7, 11) is 1.49. The largest absolute Gasteiger partial charge is 0.495 e. The molecule has 1 aromatic rings. The fourth-order valence-electron chi connectivity index (χ4n) is 4.65. The van der Waals surface area contributed by atoms with Gasteiger partial charge in [0.05, 0.1) is 124 Å². The first-order valence-electron chi connectivity index (χ1n) is 17.6. The molecule has 0 spiro atoms. The molecule has 1 heterocycles. The lowest BCUT2D eigenvalue weighted by Gasteiger charge is -2.35. The van der Waals surface area contributed by atoms with Crippen LogP contribution in [0.25, 0.3) is 0 Å². The van der Waals surface area contributed by atoms with Gasteiger partial charge in [0.2, 0.25) is 23.6 Å². The van der Waals surface area contributed by atoms with E-state index >= 15 is 0 Å². The van der Waals surface area contributed by atoms with E-state index in [0.29, 0.717) is 97.3 Å². The van der Waals surface area contributed by atoms with Crippen LogP contribution in [0.1, 0.15) is 19.3 Å². The van der Waals surface area contributed by atoms with Gasteiger partial charge in [0.1, 0.15) is 12.4 Å². The van der Waals surface area contributed by atoms with Crippen molar-refractivity contribution < 1.29 is 66.6 Å². The van der Waals surface area contributed by atoms with E-state index in [-0.39, 0.29) is 52.3 Å². The van der Waals surface area contributed by atoms with Crippen LogP contribution in [-0.4, -0.2) is 161 Å². The number of hydrogen-bond acceptors (Lipinski definition) is 14. The number of amides is 6. The highest BCUT2D eigenvalue weighted by atomic mass is 127. The summed E-state index contributed by atoms with van der Waals surface area (Å²) < 4.78 is 49.6. The van der Waals surface area contributed by atoms with Crippen LogP contribution < -0.4 is 26.4 Å². The summed E-state index contributed by atoms with van der Waals surface area (Å²) in [5.74, 6) is -2.59. The Morgan fingerprint density at radius 3 is 1.69 bits per heavy atom. The van der Waals surface area contributed by atoms with E-state index in [0.717, 1.165) is 8.47 Å². The van der Waals surface area contributed by atoms with Gasteiger partial charge in [-0.1, -0.05) is 0 Å². The molecule has 0 saturated carbocycles. The number of nitrogens with zero attached hydrogens (tertiary/aromatic N) is 2. The third-order valence-electron chi connectivity index (χ3n) is 7.39. The molecule has 19 nitrogen and oxygen atoms in total. The van der Waals surface area contributed by atoms with Gasteiger partial charge in [-0.15, -0.1) is 0 Å². The second-order valence-electron chi connectivity index (χ2n) is 11.5. The minimum atomic E-state index is -0.934. The number of anilines is 1. The van der Waals surface area contributed by atoms with Crippen molar-refractivity contribution in [1.82, 2.24) is 10.2 Å². The third-order valence-corrected chi connectivity index (χ3v) is 8.06. The number of methoxy groups -OCH3 is 1. The molecule has 6 amide bonds. The number of nitrogens with two attached hydrogens (primary N) is 2. The number of rotatable bonds is 33. The van der Waals surface area contributed by atoms with Gasteiger partial charge in [-0.25, -0.2) is 9.69 Å². The molecule has 20 heteroatoms. The molecule has 2 rings (SSSR count). The molecular weight excluding hydrogens is 829 g/mol. The Morgan fingerprint density at radius 1 is 0.741 bits per heavy atom. The molecule has 0 unspecified atom stereocenters. The van der Waals surface area contributed by atoms with Crippen molar-refractivity contribution in [2.24, 2.45) is 17.4 Å². The summed E-state index contributed by atoms with van der Waals surface area (Å²) in [6.45, 7) is 5.16. The van der Waals surface area contributed by atoms with Crippen molar-refractivity contribution in [2.75, 3.05) is 131 Å². The average molecular weight is 884 g/mol. The van der Waals surface area contributed by atoms with Gasteiger partial charge in [-0.05, 0) is 40.8 Å². The lowest BCUT2D eigenvalue weighted by molar-refractivity contribution is -0.134. The van der Waals surface area contributed by atoms with Crippen molar-refractivity contribution in [2.45, 2.75) is 19.3 Å². The number of imide groups is 1. The van der Waals surface area contributed by atoms with E-state index in [1.165, 1.54) is 12.0 Å². The molecule has 5 N–H and O–H groups in total. The Labute approximate surface area is 328 Å². The van der Waals surface area contributed by atoms with Gasteiger partial charge >= 0.3 is 6.03 Å². The van der Waals surface area contributed by atoms with Crippen molar-refractivity contribution in [1.29, 1.82) is 0 Å². The molecule has 0 aromatic heterocycles. The Bertz CT molecular complexity index is 1280. The Balaban J connectivity index is 1.47. The van der Waals surface area contributed by atoms with Crippen LogP contribution in [0.15, 0.2) is 18.2 Å². The zero-order valence-electron chi connectivity index (χ0n) is 30.8. The number of nitrogens with one attached hydrogen (secondary N) is 1. The Morgan fingerprint density at radius 2 is 1.22 bits per heavy atom. The van der Waals surface area contributed by atoms with Crippen LogP contribution in [0.2, 0.25) is 0 Å². The van der Waals surface area contributed by atoms with E-state index in [1.54, 1.807) is 12.1 Å². The lowest BCUT2D eigenvalue weighted by atomic mass is 10.1. The molecule has 1 atom stereocenters. The first-order valence-corrected chi connectivity index (χ1v) is 18.6. The minimum absolute atomic E-state index is 0.0523. The number of urea groups is 1. The number of benzene rings is 1. The Hall–Kier alpha value is -3.22. The van der Waals surface area contributed by atoms with Crippen LogP contribution in [0.3, 0.4) is 0 Å². The van der Waals surface area contributed by atoms with Crippen molar-refractivity contribution in [3.05, 3.63) is 21.8 Å². The fraction of sp³-hybridized carbons (Fsp3) is 0.676. The first-order chi connectivity index (χ1) is 26.1. The average Bonchev–Trinajstić information content (AvgIpc) is 3.13. The van der Waals surface area contributed by atoms with E-state index < -0.39 is 35.6 Å². The predicted octanol–water partition coefficient (Wildman–Crippen LogP) is 0.0320. The quantitative estimate of drug-likeness (QED) is 0.0624. The fourth-order valence-corrected chi connectivity index (χ4v) is 5.13. The van der Waals surface area contributed by atoms with Crippen LogP contribution in [0.5, 0.6) is 5.75 Å². The minimum Gasteiger partial charge on any atom is -0.495 e. The van der Waals surface area contributed by atoms with Crippen molar-refractivity contribution >= 4 is 57.9 Å². The molecule has 1 aliphatic heterocycles. The van der Waals surface area contributed by atoms with Gasteiger partial charge in [0.15, 0.2) is 0 Å². The third kappa shape index (κ3) is 20.5. The van der Waals surface area contributed by atoms with Gasteiger partial charge in [0.25, 0.3) is 0 Å². The molecule has 306 valence electrons. The van der Waals surface area contributed by atoms with Crippen LogP contribution in [-0.2, 0) is 57.1 Å². The maximum absolute atomic E-state index is 13.2. The summed E-state index contributed by atoms with van der Waals surface area (Å²) >= 11 is 2.12. The summed E-state index contributed by atoms with van der Waals surface area (Å²) in [5.41, 5.74) is 10.9. The zero-order valence-corrected chi connectivity index (χ0v) is 33.0.